The predicted molar refractivity (Wildman–Crippen MR) is 105 cm³/mol. The van der Waals surface area contributed by atoms with Gasteiger partial charge in [0.05, 0.1) is 28.4 Å². The lowest BCUT2D eigenvalue weighted by Gasteiger charge is -2.04. The summed E-state index contributed by atoms with van der Waals surface area (Å²) in [5.74, 6) is 1.28. The maximum Gasteiger partial charge on any atom is 0.271 e. The molecule has 8 nitrogen and oxygen atoms in total. The van der Waals surface area contributed by atoms with Crippen LogP contribution in [-0.2, 0) is 6.54 Å². The zero-order chi connectivity index (χ0) is 19.7. The van der Waals surface area contributed by atoms with E-state index in [0.717, 1.165) is 5.56 Å². The first-order valence-corrected chi connectivity index (χ1v) is 8.90. The second-order valence-electron chi connectivity index (χ2n) is 5.82. The number of non-ortho nitro benzene ring substituents is 1. The van der Waals surface area contributed by atoms with Crippen LogP contribution in [0.2, 0.25) is 5.02 Å². The molecular weight excluding hydrogens is 402 g/mol. The second kappa shape index (κ2) is 7.37. The van der Waals surface area contributed by atoms with Gasteiger partial charge in [-0.1, -0.05) is 11.6 Å². The highest BCUT2D eigenvalue weighted by Crippen LogP contribution is 2.28. The fraction of sp³-hybridized carbons (Fsp3) is 0.0556. The first-order chi connectivity index (χ1) is 13.5. The van der Waals surface area contributed by atoms with E-state index in [0.29, 0.717) is 28.6 Å². The van der Waals surface area contributed by atoms with Crippen molar-refractivity contribution in [2.45, 2.75) is 6.54 Å². The van der Waals surface area contributed by atoms with E-state index >= 15 is 0 Å². The third-order valence-electron chi connectivity index (χ3n) is 4.05. The Balaban J connectivity index is 1.89. The summed E-state index contributed by atoms with van der Waals surface area (Å²) < 4.78 is 9.08. The molecule has 0 aliphatic carbocycles. The molecule has 4 rings (SSSR count). The van der Waals surface area contributed by atoms with E-state index in [9.17, 15) is 10.1 Å². The van der Waals surface area contributed by atoms with Crippen LogP contribution in [0.5, 0.6) is 0 Å². The van der Waals surface area contributed by atoms with Crippen molar-refractivity contribution in [3.63, 3.8) is 0 Å². The summed E-state index contributed by atoms with van der Waals surface area (Å²) in [5, 5.41) is 15.7. The molecule has 0 unspecified atom stereocenters. The number of rotatable bonds is 5. The minimum absolute atomic E-state index is 0.109. The monoisotopic (exact) mass is 413 g/mol. The molecule has 4 aromatic rings. The van der Waals surface area contributed by atoms with Crippen LogP contribution in [0.25, 0.3) is 17.1 Å². The van der Waals surface area contributed by atoms with Gasteiger partial charge in [-0.2, -0.15) is 0 Å². The minimum Gasteiger partial charge on any atom is -0.467 e. The van der Waals surface area contributed by atoms with E-state index in [4.69, 9.17) is 28.2 Å². The van der Waals surface area contributed by atoms with Gasteiger partial charge in [-0.3, -0.25) is 19.7 Å². The number of nitro groups is 1. The second-order valence-corrected chi connectivity index (χ2v) is 6.59. The maximum atomic E-state index is 11.0. The normalized spacial score (nSPS) is 10.9. The van der Waals surface area contributed by atoms with Crippen LogP contribution in [0.15, 0.2) is 65.5 Å². The molecule has 0 spiro atoms. The summed E-state index contributed by atoms with van der Waals surface area (Å²) in [7, 11) is 0. The van der Waals surface area contributed by atoms with Crippen LogP contribution >= 0.6 is 23.8 Å². The Hall–Kier alpha value is -3.30. The highest BCUT2D eigenvalue weighted by Gasteiger charge is 2.18. The van der Waals surface area contributed by atoms with Crippen molar-refractivity contribution in [3.05, 3.63) is 86.8 Å². The molecule has 10 heteroatoms. The van der Waals surface area contributed by atoms with Gasteiger partial charge >= 0.3 is 0 Å². The van der Waals surface area contributed by atoms with Crippen molar-refractivity contribution in [2.75, 3.05) is 0 Å². The Labute approximate surface area is 168 Å². The number of hydrogen-bond acceptors (Lipinski definition) is 6. The summed E-state index contributed by atoms with van der Waals surface area (Å²) in [4.78, 5) is 14.6. The molecule has 0 fully saturated rings. The van der Waals surface area contributed by atoms with E-state index in [1.165, 1.54) is 22.9 Å². The summed E-state index contributed by atoms with van der Waals surface area (Å²) in [6, 6.07) is 11.4. The summed E-state index contributed by atoms with van der Waals surface area (Å²) >= 11 is 11.9. The maximum absolute atomic E-state index is 11.0. The van der Waals surface area contributed by atoms with E-state index in [-0.39, 0.29) is 10.7 Å². The van der Waals surface area contributed by atoms with Crippen molar-refractivity contribution in [3.8, 4) is 17.1 Å². The zero-order valence-electron chi connectivity index (χ0n) is 14.2. The quantitative estimate of drug-likeness (QED) is 0.268. The number of aromatic nitrogens is 4. The van der Waals surface area contributed by atoms with Crippen molar-refractivity contribution in [2.24, 2.45) is 0 Å². The Morgan fingerprint density at radius 1 is 1.25 bits per heavy atom. The average Bonchev–Trinajstić information content (AvgIpc) is 3.32. The van der Waals surface area contributed by atoms with Gasteiger partial charge in [-0.25, -0.2) is 4.68 Å². The molecule has 0 atom stereocenters. The fourth-order valence-corrected chi connectivity index (χ4v) is 3.29. The molecule has 0 bridgehead atoms. The first-order valence-electron chi connectivity index (χ1n) is 8.11. The topological polar surface area (TPSA) is 91.9 Å². The van der Waals surface area contributed by atoms with Crippen molar-refractivity contribution < 1.29 is 9.34 Å². The summed E-state index contributed by atoms with van der Waals surface area (Å²) in [6.45, 7) is 0.362. The van der Waals surface area contributed by atoms with Crippen LogP contribution in [-0.4, -0.2) is 24.3 Å². The molecular formula is C18H12ClN5O3S. The van der Waals surface area contributed by atoms with E-state index < -0.39 is 4.92 Å². The molecule has 0 aliphatic heterocycles. The van der Waals surface area contributed by atoms with Crippen LogP contribution in [0.1, 0.15) is 5.76 Å². The average molecular weight is 414 g/mol. The van der Waals surface area contributed by atoms with Crippen molar-refractivity contribution in [1.29, 1.82) is 0 Å². The van der Waals surface area contributed by atoms with Crippen LogP contribution in [0.3, 0.4) is 0 Å². The number of furan rings is 1. The number of pyridine rings is 1. The SMILES string of the molecule is O=[N+]([O-])c1ccc(-n2nc(-c3cccnc3)n(Cc3ccco3)c2=S)c(Cl)c1. The van der Waals surface area contributed by atoms with Gasteiger partial charge in [-0.15, -0.1) is 5.10 Å². The van der Waals surface area contributed by atoms with Gasteiger partial charge in [0.25, 0.3) is 5.69 Å². The molecule has 0 saturated heterocycles. The lowest BCUT2D eigenvalue weighted by atomic mass is 10.2. The summed E-state index contributed by atoms with van der Waals surface area (Å²) in [6.07, 6.45) is 4.93. The van der Waals surface area contributed by atoms with Crippen LogP contribution < -0.4 is 0 Å². The number of nitrogens with zero attached hydrogens (tertiary/aromatic N) is 5. The Morgan fingerprint density at radius 2 is 2.11 bits per heavy atom. The Bertz CT molecular complexity index is 1200. The molecule has 3 heterocycles. The first kappa shape index (κ1) is 18.1. The largest absolute Gasteiger partial charge is 0.467 e. The number of halogens is 1. The fourth-order valence-electron chi connectivity index (χ4n) is 2.74. The molecule has 3 aromatic heterocycles. The van der Waals surface area contributed by atoms with Gasteiger partial charge in [-0.05, 0) is 42.5 Å². The lowest BCUT2D eigenvalue weighted by molar-refractivity contribution is -0.384. The van der Waals surface area contributed by atoms with Crippen molar-refractivity contribution in [1.82, 2.24) is 19.3 Å². The molecule has 0 N–H and O–H groups in total. The predicted octanol–water partition coefficient (Wildman–Crippen LogP) is 4.67. The molecule has 28 heavy (non-hydrogen) atoms. The van der Waals surface area contributed by atoms with Gasteiger partial charge in [0.1, 0.15) is 5.76 Å². The Morgan fingerprint density at radius 3 is 2.75 bits per heavy atom. The highest BCUT2D eigenvalue weighted by atomic mass is 35.5. The van der Waals surface area contributed by atoms with Crippen molar-refractivity contribution >= 4 is 29.5 Å². The molecule has 0 amide bonds. The van der Waals surface area contributed by atoms with E-state index in [1.54, 1.807) is 35.4 Å². The number of hydrogen-bond donors (Lipinski definition) is 0. The molecule has 140 valence electrons. The number of nitro benzene ring substituents is 1. The van der Waals surface area contributed by atoms with Crippen LogP contribution in [0, 0.1) is 14.9 Å². The van der Waals surface area contributed by atoms with Crippen LogP contribution in [0.4, 0.5) is 5.69 Å². The van der Waals surface area contributed by atoms with Gasteiger partial charge in [0, 0.05) is 30.1 Å². The molecule has 0 aliphatic rings. The highest BCUT2D eigenvalue weighted by molar-refractivity contribution is 7.71. The number of benzene rings is 1. The zero-order valence-corrected chi connectivity index (χ0v) is 15.8. The third kappa shape index (κ3) is 3.32. The molecule has 1 aromatic carbocycles. The third-order valence-corrected chi connectivity index (χ3v) is 4.74. The molecule has 0 saturated carbocycles. The standard InChI is InChI=1S/C18H12ClN5O3S/c19-15-9-13(24(25)26)5-6-16(15)23-18(28)22(11-14-4-2-8-27-14)17(21-23)12-3-1-7-20-10-12/h1-10H,11H2. The van der Waals surface area contributed by atoms with E-state index in [1.807, 2.05) is 12.1 Å². The van der Waals surface area contributed by atoms with Gasteiger partial charge in [0.2, 0.25) is 4.77 Å². The smallest absolute Gasteiger partial charge is 0.271 e. The van der Waals surface area contributed by atoms with Gasteiger partial charge in [0.15, 0.2) is 5.82 Å². The Kier molecular flexibility index (Phi) is 4.76. The summed E-state index contributed by atoms with van der Waals surface area (Å²) in [5.41, 5.74) is 1.10. The minimum atomic E-state index is -0.508. The lowest BCUT2D eigenvalue weighted by Crippen LogP contribution is -2.03. The van der Waals surface area contributed by atoms with Gasteiger partial charge < -0.3 is 4.42 Å². The molecule has 0 radical (unpaired) electrons. The van der Waals surface area contributed by atoms with E-state index in [2.05, 4.69) is 10.1 Å².